The van der Waals surface area contributed by atoms with Crippen LogP contribution in [0, 0.1) is 5.82 Å². The van der Waals surface area contributed by atoms with Crippen molar-refractivity contribution in [3.8, 4) is 0 Å². The van der Waals surface area contributed by atoms with Crippen molar-refractivity contribution < 1.29 is 9.18 Å². The molecular weight excluding hydrogens is 295 g/mol. The standard InChI is InChI=1S/C17H21FN4O/c1-2-3-4-9-19-16(23)14-11-21-17(22-12-14)20-10-13-5-7-15(18)8-6-13/h5-8,11-12H,2-4,9-10H2,1H3,(H,19,23)(H,20,21,22). The fourth-order valence-electron chi connectivity index (χ4n) is 2.00. The van der Waals surface area contributed by atoms with Crippen molar-refractivity contribution in [2.75, 3.05) is 11.9 Å². The molecule has 0 saturated carbocycles. The number of hydrogen-bond donors (Lipinski definition) is 2. The highest BCUT2D eigenvalue weighted by Gasteiger charge is 2.06. The van der Waals surface area contributed by atoms with E-state index >= 15 is 0 Å². The van der Waals surface area contributed by atoms with E-state index in [1.54, 1.807) is 12.1 Å². The van der Waals surface area contributed by atoms with E-state index in [1.165, 1.54) is 24.5 Å². The van der Waals surface area contributed by atoms with Gasteiger partial charge in [0.2, 0.25) is 5.95 Å². The molecule has 122 valence electrons. The lowest BCUT2D eigenvalue weighted by atomic mass is 10.2. The second-order valence-electron chi connectivity index (χ2n) is 5.24. The summed E-state index contributed by atoms with van der Waals surface area (Å²) >= 11 is 0. The van der Waals surface area contributed by atoms with Crippen LogP contribution in [0.2, 0.25) is 0 Å². The Kier molecular flexibility index (Phi) is 6.47. The Morgan fingerprint density at radius 1 is 1.13 bits per heavy atom. The summed E-state index contributed by atoms with van der Waals surface area (Å²) < 4.78 is 12.8. The van der Waals surface area contributed by atoms with E-state index in [0.29, 0.717) is 24.6 Å². The van der Waals surface area contributed by atoms with Crippen molar-refractivity contribution in [1.29, 1.82) is 0 Å². The van der Waals surface area contributed by atoms with E-state index in [1.807, 2.05) is 0 Å². The van der Waals surface area contributed by atoms with Gasteiger partial charge in [0, 0.05) is 25.5 Å². The van der Waals surface area contributed by atoms with Gasteiger partial charge in [0.05, 0.1) is 5.56 Å². The molecule has 0 saturated heterocycles. The summed E-state index contributed by atoms with van der Waals surface area (Å²) in [7, 11) is 0. The third kappa shape index (κ3) is 5.65. The lowest BCUT2D eigenvalue weighted by molar-refractivity contribution is 0.0952. The lowest BCUT2D eigenvalue weighted by Crippen LogP contribution is -2.24. The summed E-state index contributed by atoms with van der Waals surface area (Å²) in [6, 6.07) is 6.20. The van der Waals surface area contributed by atoms with Gasteiger partial charge < -0.3 is 10.6 Å². The lowest BCUT2D eigenvalue weighted by Gasteiger charge is -2.07. The molecule has 1 aromatic heterocycles. The molecule has 0 unspecified atom stereocenters. The number of nitrogens with one attached hydrogen (secondary N) is 2. The number of halogens is 1. The number of carbonyl (C=O) groups excluding carboxylic acids is 1. The monoisotopic (exact) mass is 316 g/mol. The van der Waals surface area contributed by atoms with Gasteiger partial charge in [-0.05, 0) is 24.1 Å². The predicted octanol–water partition coefficient (Wildman–Crippen LogP) is 3.15. The Morgan fingerprint density at radius 3 is 2.48 bits per heavy atom. The number of rotatable bonds is 8. The largest absolute Gasteiger partial charge is 0.352 e. The second-order valence-corrected chi connectivity index (χ2v) is 5.24. The Hall–Kier alpha value is -2.50. The average Bonchev–Trinajstić information content (AvgIpc) is 2.58. The molecule has 2 aromatic rings. The Balaban J connectivity index is 1.81. The zero-order valence-electron chi connectivity index (χ0n) is 13.2. The Morgan fingerprint density at radius 2 is 1.83 bits per heavy atom. The summed E-state index contributed by atoms with van der Waals surface area (Å²) in [6.45, 7) is 3.27. The van der Waals surface area contributed by atoms with Crippen LogP contribution in [0.3, 0.4) is 0 Å². The highest BCUT2D eigenvalue weighted by atomic mass is 19.1. The van der Waals surface area contributed by atoms with E-state index in [-0.39, 0.29) is 11.7 Å². The molecule has 23 heavy (non-hydrogen) atoms. The van der Waals surface area contributed by atoms with Gasteiger partial charge in [-0.2, -0.15) is 0 Å². The van der Waals surface area contributed by atoms with E-state index in [4.69, 9.17) is 0 Å². The third-order valence-corrected chi connectivity index (χ3v) is 3.34. The molecule has 0 fully saturated rings. The van der Waals surface area contributed by atoms with Crippen LogP contribution in [0.4, 0.5) is 10.3 Å². The van der Waals surface area contributed by atoms with Crippen molar-refractivity contribution in [2.24, 2.45) is 0 Å². The van der Waals surface area contributed by atoms with Crippen molar-refractivity contribution in [3.63, 3.8) is 0 Å². The van der Waals surface area contributed by atoms with E-state index in [2.05, 4.69) is 27.5 Å². The minimum Gasteiger partial charge on any atom is -0.352 e. The van der Waals surface area contributed by atoms with E-state index in [9.17, 15) is 9.18 Å². The minimum atomic E-state index is -0.265. The fraction of sp³-hybridized carbons (Fsp3) is 0.353. The molecule has 0 aliphatic heterocycles. The van der Waals surface area contributed by atoms with Crippen LogP contribution in [-0.2, 0) is 6.54 Å². The van der Waals surface area contributed by atoms with Gasteiger partial charge in [0.15, 0.2) is 0 Å². The van der Waals surface area contributed by atoms with E-state index in [0.717, 1.165) is 24.8 Å². The number of nitrogens with zero attached hydrogens (tertiary/aromatic N) is 2. The first-order valence-corrected chi connectivity index (χ1v) is 7.77. The highest BCUT2D eigenvalue weighted by molar-refractivity contribution is 5.93. The first-order chi connectivity index (χ1) is 11.2. The van der Waals surface area contributed by atoms with Gasteiger partial charge >= 0.3 is 0 Å². The summed E-state index contributed by atoms with van der Waals surface area (Å²) in [5, 5.41) is 5.87. The molecule has 2 N–H and O–H groups in total. The van der Waals surface area contributed by atoms with Gasteiger partial charge in [0.1, 0.15) is 5.82 Å². The van der Waals surface area contributed by atoms with Gasteiger partial charge in [-0.3, -0.25) is 4.79 Å². The zero-order valence-corrected chi connectivity index (χ0v) is 13.2. The maximum absolute atomic E-state index is 12.8. The quantitative estimate of drug-likeness (QED) is 0.734. The van der Waals surface area contributed by atoms with Crippen molar-refractivity contribution >= 4 is 11.9 Å². The molecule has 1 amide bonds. The van der Waals surface area contributed by atoms with Gasteiger partial charge in [-0.15, -0.1) is 0 Å². The van der Waals surface area contributed by atoms with Crippen LogP contribution in [0.1, 0.15) is 42.1 Å². The molecule has 6 heteroatoms. The predicted molar refractivity (Wildman–Crippen MR) is 87.6 cm³/mol. The minimum absolute atomic E-state index is 0.161. The van der Waals surface area contributed by atoms with Crippen LogP contribution in [0.5, 0.6) is 0 Å². The second kappa shape index (κ2) is 8.82. The molecule has 0 bridgehead atoms. The Bertz CT molecular complexity index is 613. The number of amides is 1. The molecule has 1 aromatic carbocycles. The number of carbonyl (C=O) groups is 1. The van der Waals surface area contributed by atoms with Crippen LogP contribution < -0.4 is 10.6 Å². The van der Waals surface area contributed by atoms with Crippen LogP contribution in [0.15, 0.2) is 36.7 Å². The van der Waals surface area contributed by atoms with Crippen molar-refractivity contribution in [3.05, 3.63) is 53.6 Å². The first-order valence-electron chi connectivity index (χ1n) is 7.77. The normalized spacial score (nSPS) is 10.3. The number of unbranched alkanes of at least 4 members (excludes halogenated alkanes) is 2. The van der Waals surface area contributed by atoms with Crippen LogP contribution >= 0.6 is 0 Å². The zero-order chi connectivity index (χ0) is 16.5. The molecule has 0 radical (unpaired) electrons. The van der Waals surface area contributed by atoms with Gasteiger partial charge in [-0.25, -0.2) is 14.4 Å². The first kappa shape index (κ1) is 16.9. The van der Waals surface area contributed by atoms with E-state index < -0.39 is 0 Å². The average molecular weight is 316 g/mol. The Labute approximate surface area is 135 Å². The molecule has 2 rings (SSSR count). The molecule has 0 aliphatic rings. The summed E-state index contributed by atoms with van der Waals surface area (Å²) in [4.78, 5) is 20.1. The number of hydrogen-bond acceptors (Lipinski definition) is 4. The molecule has 1 heterocycles. The number of benzene rings is 1. The fourth-order valence-corrected chi connectivity index (χ4v) is 2.00. The maximum Gasteiger partial charge on any atom is 0.254 e. The summed E-state index contributed by atoms with van der Waals surface area (Å²) in [5.41, 5.74) is 1.36. The topological polar surface area (TPSA) is 66.9 Å². The number of aromatic nitrogens is 2. The molecule has 0 spiro atoms. The number of anilines is 1. The summed E-state index contributed by atoms with van der Waals surface area (Å²) in [5.74, 6) is 0.00217. The van der Waals surface area contributed by atoms with Crippen molar-refractivity contribution in [1.82, 2.24) is 15.3 Å². The van der Waals surface area contributed by atoms with Crippen LogP contribution in [-0.4, -0.2) is 22.4 Å². The molecule has 0 aliphatic carbocycles. The molecular formula is C17H21FN4O. The molecule has 5 nitrogen and oxygen atoms in total. The SMILES string of the molecule is CCCCCNC(=O)c1cnc(NCc2ccc(F)cc2)nc1. The smallest absolute Gasteiger partial charge is 0.254 e. The third-order valence-electron chi connectivity index (χ3n) is 3.34. The summed E-state index contributed by atoms with van der Waals surface area (Å²) in [6.07, 6.45) is 6.18. The van der Waals surface area contributed by atoms with Gasteiger partial charge in [0.25, 0.3) is 5.91 Å². The maximum atomic E-state index is 12.8. The van der Waals surface area contributed by atoms with Gasteiger partial charge in [-0.1, -0.05) is 31.9 Å². The molecule has 0 atom stereocenters. The van der Waals surface area contributed by atoms with Crippen LogP contribution in [0.25, 0.3) is 0 Å². The van der Waals surface area contributed by atoms with Crippen molar-refractivity contribution in [2.45, 2.75) is 32.7 Å². The highest BCUT2D eigenvalue weighted by Crippen LogP contribution is 2.06.